The molecule has 1 heterocycles. The summed E-state index contributed by atoms with van der Waals surface area (Å²) in [5.41, 5.74) is 3.55. The molecule has 0 atom stereocenters. The number of ketones is 1. The molecule has 1 aliphatic heterocycles. The number of fused-ring (bicyclic) bond motifs is 2. The van der Waals surface area contributed by atoms with E-state index in [0.717, 1.165) is 17.4 Å². The van der Waals surface area contributed by atoms with E-state index in [9.17, 15) is 9.59 Å². The van der Waals surface area contributed by atoms with E-state index >= 15 is 0 Å². The lowest BCUT2D eigenvalue weighted by Gasteiger charge is -2.05. The first-order chi connectivity index (χ1) is 9.19. The number of carbonyl (C=O) groups is 2. The maximum absolute atomic E-state index is 12.5. The van der Waals surface area contributed by atoms with Crippen LogP contribution in [-0.2, 0) is 6.61 Å². The van der Waals surface area contributed by atoms with E-state index in [1.54, 1.807) is 18.2 Å². The van der Waals surface area contributed by atoms with Gasteiger partial charge in [0, 0.05) is 16.7 Å². The van der Waals surface area contributed by atoms with Gasteiger partial charge < -0.3 is 4.74 Å². The number of carbonyl (C=O) groups excluding carboxylic acids is 2. The zero-order valence-corrected chi connectivity index (χ0v) is 10.5. The molecule has 0 N–H and O–H groups in total. The summed E-state index contributed by atoms with van der Waals surface area (Å²) in [7, 11) is 0. The molecule has 0 saturated heterocycles. The van der Waals surface area contributed by atoms with Gasteiger partial charge in [-0.15, -0.1) is 0 Å². The highest BCUT2D eigenvalue weighted by Gasteiger charge is 2.22. The zero-order chi connectivity index (χ0) is 13.4. The van der Waals surface area contributed by atoms with E-state index in [4.69, 9.17) is 4.74 Å². The molecule has 94 valence electrons. The number of hydrogen-bond donors (Lipinski definition) is 0. The molecule has 19 heavy (non-hydrogen) atoms. The van der Waals surface area contributed by atoms with Crippen LogP contribution in [0.2, 0.25) is 0 Å². The summed E-state index contributed by atoms with van der Waals surface area (Å²) in [4.78, 5) is 23.3. The van der Waals surface area contributed by atoms with Crippen molar-refractivity contribution < 1.29 is 14.3 Å². The Bertz CT molecular complexity index is 686. The Kier molecular flexibility index (Phi) is 2.67. The van der Waals surface area contributed by atoms with Gasteiger partial charge in [0.15, 0.2) is 5.78 Å². The lowest BCUT2D eigenvalue weighted by molar-refractivity contribution is 0.103. The predicted octanol–water partition coefficient (Wildman–Crippen LogP) is 2.93. The molecule has 0 aliphatic carbocycles. The third-order valence-corrected chi connectivity index (χ3v) is 3.27. The van der Waals surface area contributed by atoms with Gasteiger partial charge in [-0.25, -0.2) is 0 Å². The third kappa shape index (κ3) is 1.93. The first-order valence-corrected chi connectivity index (χ1v) is 6.05. The fourth-order valence-corrected chi connectivity index (χ4v) is 2.29. The second-order valence-electron chi connectivity index (χ2n) is 4.65. The maximum atomic E-state index is 12.5. The van der Waals surface area contributed by atoms with Gasteiger partial charge in [-0.1, -0.05) is 23.8 Å². The smallest absolute Gasteiger partial charge is 0.197 e. The number of benzene rings is 2. The zero-order valence-electron chi connectivity index (χ0n) is 10.5. The fraction of sp³-hybridized carbons (Fsp3) is 0.125. The quantitative estimate of drug-likeness (QED) is 0.733. The van der Waals surface area contributed by atoms with E-state index in [-0.39, 0.29) is 5.78 Å². The van der Waals surface area contributed by atoms with E-state index in [1.165, 1.54) is 0 Å². The van der Waals surface area contributed by atoms with Crippen LogP contribution in [0.3, 0.4) is 0 Å². The molecule has 0 unspecified atom stereocenters. The highest BCUT2D eigenvalue weighted by molar-refractivity contribution is 6.12. The van der Waals surface area contributed by atoms with Crippen LogP contribution in [0, 0.1) is 6.92 Å². The Morgan fingerprint density at radius 3 is 2.74 bits per heavy atom. The average Bonchev–Trinajstić information content (AvgIpc) is 2.56. The number of aryl methyl sites for hydroxylation is 1. The minimum atomic E-state index is -0.0915. The van der Waals surface area contributed by atoms with Crippen molar-refractivity contribution in [3.05, 3.63) is 64.2 Å². The molecule has 0 spiro atoms. The van der Waals surface area contributed by atoms with Crippen molar-refractivity contribution in [2.45, 2.75) is 13.5 Å². The SMILES string of the molecule is Cc1ccc2c(c1)COc1ccc(C=O)cc1C2=O. The molecule has 0 amide bonds. The molecule has 0 aromatic heterocycles. The van der Waals surface area contributed by atoms with Gasteiger partial charge in [-0.2, -0.15) is 0 Å². The topological polar surface area (TPSA) is 43.4 Å². The van der Waals surface area contributed by atoms with Gasteiger partial charge in [0.25, 0.3) is 0 Å². The van der Waals surface area contributed by atoms with E-state index in [0.29, 0.717) is 29.0 Å². The molecule has 2 aromatic carbocycles. The summed E-state index contributed by atoms with van der Waals surface area (Å²) in [6.07, 6.45) is 0.731. The van der Waals surface area contributed by atoms with E-state index < -0.39 is 0 Å². The molecule has 0 radical (unpaired) electrons. The van der Waals surface area contributed by atoms with Gasteiger partial charge in [0.1, 0.15) is 18.6 Å². The van der Waals surface area contributed by atoms with E-state index in [2.05, 4.69) is 0 Å². The normalized spacial score (nSPS) is 13.0. The Morgan fingerprint density at radius 2 is 1.95 bits per heavy atom. The number of rotatable bonds is 1. The van der Waals surface area contributed by atoms with Crippen molar-refractivity contribution in [2.75, 3.05) is 0 Å². The van der Waals surface area contributed by atoms with Crippen LogP contribution in [0.4, 0.5) is 0 Å². The van der Waals surface area contributed by atoms with Crippen molar-refractivity contribution >= 4 is 12.1 Å². The van der Waals surface area contributed by atoms with Gasteiger partial charge in [0.05, 0.1) is 5.56 Å². The second kappa shape index (κ2) is 4.35. The highest BCUT2D eigenvalue weighted by atomic mass is 16.5. The lowest BCUT2D eigenvalue weighted by atomic mass is 9.97. The second-order valence-corrected chi connectivity index (χ2v) is 4.65. The molecule has 3 rings (SSSR count). The Hall–Kier alpha value is -2.42. The molecule has 2 aromatic rings. The van der Waals surface area contributed by atoms with Crippen LogP contribution in [0.5, 0.6) is 5.75 Å². The summed E-state index contributed by atoms with van der Waals surface area (Å²) in [5.74, 6) is 0.440. The fourth-order valence-electron chi connectivity index (χ4n) is 2.29. The standard InChI is InChI=1S/C16H12O3/c1-10-2-4-13-12(6-10)9-19-15-5-3-11(8-17)7-14(15)16(13)18/h2-8H,9H2,1H3. The van der Waals surface area contributed by atoms with Crippen LogP contribution >= 0.6 is 0 Å². The van der Waals surface area contributed by atoms with E-state index in [1.807, 2.05) is 25.1 Å². The van der Waals surface area contributed by atoms with Crippen LogP contribution in [0.25, 0.3) is 0 Å². The Balaban J connectivity index is 2.19. The Labute approximate surface area is 110 Å². The minimum absolute atomic E-state index is 0.0915. The lowest BCUT2D eigenvalue weighted by Crippen LogP contribution is -2.03. The molecule has 3 heteroatoms. The summed E-state index contributed by atoms with van der Waals surface area (Å²) in [6.45, 7) is 2.35. The Morgan fingerprint density at radius 1 is 1.11 bits per heavy atom. The van der Waals surface area contributed by atoms with Gasteiger partial charge in [0.2, 0.25) is 0 Å². The maximum Gasteiger partial charge on any atom is 0.197 e. The number of ether oxygens (including phenoxy) is 1. The van der Waals surface area contributed by atoms with Crippen molar-refractivity contribution in [3.8, 4) is 5.75 Å². The highest BCUT2D eigenvalue weighted by Crippen LogP contribution is 2.29. The van der Waals surface area contributed by atoms with Crippen molar-refractivity contribution in [3.63, 3.8) is 0 Å². The molecule has 1 aliphatic rings. The third-order valence-electron chi connectivity index (χ3n) is 3.27. The predicted molar refractivity (Wildman–Crippen MR) is 70.8 cm³/mol. The van der Waals surface area contributed by atoms with Crippen LogP contribution < -0.4 is 4.74 Å². The molecular formula is C16H12O3. The van der Waals surface area contributed by atoms with Crippen molar-refractivity contribution in [2.24, 2.45) is 0 Å². The first-order valence-electron chi connectivity index (χ1n) is 6.05. The largest absolute Gasteiger partial charge is 0.488 e. The molecule has 0 bridgehead atoms. The monoisotopic (exact) mass is 252 g/mol. The van der Waals surface area contributed by atoms with Crippen molar-refractivity contribution in [1.29, 1.82) is 0 Å². The van der Waals surface area contributed by atoms with Gasteiger partial charge in [-0.05, 0) is 25.1 Å². The van der Waals surface area contributed by atoms with Crippen molar-refractivity contribution in [1.82, 2.24) is 0 Å². The summed E-state index contributed by atoms with van der Waals surface area (Å²) >= 11 is 0. The first kappa shape index (κ1) is 11.7. The van der Waals surface area contributed by atoms with Gasteiger partial charge >= 0.3 is 0 Å². The van der Waals surface area contributed by atoms with Gasteiger partial charge in [-0.3, -0.25) is 9.59 Å². The number of hydrogen-bond acceptors (Lipinski definition) is 3. The summed E-state index contributed by atoms with van der Waals surface area (Å²) in [6, 6.07) is 10.6. The summed E-state index contributed by atoms with van der Waals surface area (Å²) < 4.78 is 5.66. The molecule has 0 fully saturated rings. The molecule has 3 nitrogen and oxygen atoms in total. The number of aldehydes is 1. The molecular weight excluding hydrogens is 240 g/mol. The average molecular weight is 252 g/mol. The minimum Gasteiger partial charge on any atom is -0.488 e. The molecule has 0 saturated carbocycles. The van der Waals surface area contributed by atoms with Crippen LogP contribution in [-0.4, -0.2) is 12.1 Å². The van der Waals surface area contributed by atoms with Crippen LogP contribution in [0.1, 0.15) is 37.4 Å². The summed E-state index contributed by atoms with van der Waals surface area (Å²) in [5, 5.41) is 0. The van der Waals surface area contributed by atoms with Crippen LogP contribution in [0.15, 0.2) is 36.4 Å².